The smallest absolute Gasteiger partial charge is 0.154 e. The second-order valence-corrected chi connectivity index (χ2v) is 3.79. The lowest BCUT2D eigenvalue weighted by molar-refractivity contribution is 0.411. The predicted molar refractivity (Wildman–Crippen MR) is 64.7 cm³/mol. The average molecular weight is 242 g/mol. The fourth-order valence-electron chi connectivity index (χ4n) is 1.64. The van der Waals surface area contributed by atoms with Crippen LogP contribution in [0.2, 0.25) is 0 Å². The molecule has 0 bridgehead atoms. The molecule has 0 spiro atoms. The highest BCUT2D eigenvalue weighted by Crippen LogP contribution is 2.18. The molecule has 1 aromatic carbocycles. The van der Waals surface area contributed by atoms with Crippen molar-refractivity contribution in [3.63, 3.8) is 0 Å². The van der Waals surface area contributed by atoms with Gasteiger partial charge in [0.25, 0.3) is 0 Å². The van der Waals surface area contributed by atoms with Gasteiger partial charge in [-0.15, -0.1) is 0 Å². The first-order valence-electron chi connectivity index (χ1n) is 5.40. The van der Waals surface area contributed by atoms with Gasteiger partial charge in [-0.2, -0.15) is 5.26 Å². The van der Waals surface area contributed by atoms with Crippen LogP contribution in [0.3, 0.4) is 0 Å². The highest BCUT2D eigenvalue weighted by atomic mass is 19.1. The van der Waals surface area contributed by atoms with E-state index in [-0.39, 0.29) is 5.82 Å². The van der Waals surface area contributed by atoms with Gasteiger partial charge in [-0.3, -0.25) is 4.98 Å². The van der Waals surface area contributed by atoms with Gasteiger partial charge >= 0.3 is 0 Å². The molecule has 1 heterocycles. The number of nitriles is 1. The van der Waals surface area contributed by atoms with Crippen molar-refractivity contribution in [3.05, 3.63) is 59.2 Å². The number of hydrogen-bond acceptors (Lipinski definition) is 3. The third-order valence-electron chi connectivity index (χ3n) is 2.56. The first-order valence-corrected chi connectivity index (χ1v) is 5.40. The summed E-state index contributed by atoms with van der Waals surface area (Å²) in [7, 11) is 1.50. The molecule has 0 fully saturated rings. The van der Waals surface area contributed by atoms with Crippen LogP contribution in [0, 0.1) is 17.1 Å². The number of nitrogens with zero attached hydrogens (tertiary/aromatic N) is 2. The third-order valence-corrected chi connectivity index (χ3v) is 2.56. The number of aromatic nitrogens is 1. The number of benzene rings is 1. The van der Waals surface area contributed by atoms with Crippen molar-refractivity contribution in [2.45, 2.75) is 6.42 Å². The number of rotatable bonds is 3. The Morgan fingerprint density at radius 2 is 2.06 bits per heavy atom. The van der Waals surface area contributed by atoms with Crippen molar-refractivity contribution < 1.29 is 9.13 Å². The van der Waals surface area contributed by atoms with E-state index < -0.39 is 0 Å². The highest BCUT2D eigenvalue weighted by Gasteiger charge is 2.05. The molecule has 0 unspecified atom stereocenters. The van der Waals surface area contributed by atoms with E-state index in [1.807, 2.05) is 0 Å². The van der Waals surface area contributed by atoms with Gasteiger partial charge in [-0.25, -0.2) is 4.39 Å². The minimum absolute atomic E-state index is 0.265. The van der Waals surface area contributed by atoms with Crippen LogP contribution < -0.4 is 4.74 Å². The van der Waals surface area contributed by atoms with Crippen molar-refractivity contribution in [1.29, 1.82) is 5.26 Å². The van der Waals surface area contributed by atoms with Gasteiger partial charge in [0.15, 0.2) is 5.75 Å². The SMILES string of the molecule is COc1cnc(Cc2ccc(F)cc2)cc1C#N. The minimum atomic E-state index is -0.265. The number of pyridine rings is 1. The topological polar surface area (TPSA) is 45.9 Å². The lowest BCUT2D eigenvalue weighted by atomic mass is 10.1. The van der Waals surface area contributed by atoms with Gasteiger partial charge < -0.3 is 4.74 Å². The van der Waals surface area contributed by atoms with Gasteiger partial charge in [0, 0.05) is 12.1 Å². The maximum atomic E-state index is 12.8. The molecule has 0 aliphatic rings. The average Bonchev–Trinajstić information content (AvgIpc) is 2.41. The molecular weight excluding hydrogens is 231 g/mol. The molecule has 2 rings (SSSR count). The van der Waals surface area contributed by atoms with E-state index in [1.54, 1.807) is 18.2 Å². The summed E-state index contributed by atoms with van der Waals surface area (Å²) in [5.74, 6) is 0.194. The van der Waals surface area contributed by atoms with Gasteiger partial charge in [-0.1, -0.05) is 12.1 Å². The molecule has 18 heavy (non-hydrogen) atoms. The Balaban J connectivity index is 2.25. The van der Waals surface area contributed by atoms with Crippen LogP contribution in [-0.2, 0) is 6.42 Å². The standard InChI is InChI=1S/C14H11FN2O/c1-18-14-9-17-13(7-11(14)8-16)6-10-2-4-12(15)5-3-10/h2-5,7,9H,6H2,1H3. The second-order valence-electron chi connectivity index (χ2n) is 3.79. The molecule has 1 aromatic heterocycles. The van der Waals surface area contributed by atoms with Crippen LogP contribution in [0.5, 0.6) is 5.75 Å². The van der Waals surface area contributed by atoms with Gasteiger partial charge in [0.1, 0.15) is 11.9 Å². The first-order chi connectivity index (χ1) is 8.72. The number of halogens is 1. The van der Waals surface area contributed by atoms with E-state index in [4.69, 9.17) is 10.00 Å². The zero-order chi connectivity index (χ0) is 13.0. The molecule has 0 saturated heterocycles. The Labute approximate surface area is 104 Å². The van der Waals surface area contributed by atoms with E-state index in [9.17, 15) is 4.39 Å². The summed E-state index contributed by atoms with van der Waals surface area (Å²) in [4.78, 5) is 4.21. The Morgan fingerprint density at radius 1 is 1.33 bits per heavy atom. The molecule has 0 aliphatic carbocycles. The zero-order valence-electron chi connectivity index (χ0n) is 9.85. The van der Waals surface area contributed by atoms with Crippen LogP contribution in [0.4, 0.5) is 4.39 Å². The van der Waals surface area contributed by atoms with Gasteiger partial charge in [0.2, 0.25) is 0 Å². The number of methoxy groups -OCH3 is 1. The largest absolute Gasteiger partial charge is 0.494 e. The molecule has 0 N–H and O–H groups in total. The van der Waals surface area contributed by atoms with E-state index in [2.05, 4.69) is 11.1 Å². The van der Waals surface area contributed by atoms with Crippen LogP contribution in [0.1, 0.15) is 16.8 Å². The summed E-state index contributed by atoms with van der Waals surface area (Å²) in [5, 5.41) is 8.97. The second kappa shape index (κ2) is 5.28. The van der Waals surface area contributed by atoms with Crippen molar-refractivity contribution in [2.75, 3.05) is 7.11 Å². The fraction of sp³-hybridized carbons (Fsp3) is 0.143. The molecule has 2 aromatic rings. The van der Waals surface area contributed by atoms with E-state index >= 15 is 0 Å². The highest BCUT2D eigenvalue weighted by molar-refractivity contribution is 5.43. The van der Waals surface area contributed by atoms with E-state index in [1.165, 1.54) is 25.4 Å². The lowest BCUT2D eigenvalue weighted by Crippen LogP contribution is -1.96. The summed E-state index contributed by atoms with van der Waals surface area (Å²) in [6, 6.07) is 9.96. The number of hydrogen-bond donors (Lipinski definition) is 0. The van der Waals surface area contributed by atoms with Crippen LogP contribution in [0.15, 0.2) is 36.5 Å². The molecule has 90 valence electrons. The first kappa shape index (κ1) is 12.1. The maximum Gasteiger partial charge on any atom is 0.154 e. The quantitative estimate of drug-likeness (QED) is 0.831. The van der Waals surface area contributed by atoms with Crippen molar-refractivity contribution in [1.82, 2.24) is 4.98 Å². The Morgan fingerprint density at radius 3 is 2.67 bits per heavy atom. The monoisotopic (exact) mass is 242 g/mol. The Kier molecular flexibility index (Phi) is 3.54. The summed E-state index contributed by atoms with van der Waals surface area (Å²) >= 11 is 0. The summed E-state index contributed by atoms with van der Waals surface area (Å²) in [6.07, 6.45) is 2.08. The molecule has 0 atom stereocenters. The molecule has 0 aliphatic heterocycles. The van der Waals surface area contributed by atoms with Gasteiger partial charge in [-0.05, 0) is 23.8 Å². The van der Waals surface area contributed by atoms with E-state index in [0.717, 1.165) is 11.3 Å². The predicted octanol–water partition coefficient (Wildman–Crippen LogP) is 2.69. The molecule has 0 saturated carbocycles. The molecular formula is C14H11FN2O. The van der Waals surface area contributed by atoms with Crippen LogP contribution in [0.25, 0.3) is 0 Å². The molecule has 0 radical (unpaired) electrons. The summed E-state index contributed by atoms with van der Waals surface area (Å²) in [6.45, 7) is 0. The van der Waals surface area contributed by atoms with Crippen LogP contribution in [-0.4, -0.2) is 12.1 Å². The van der Waals surface area contributed by atoms with Crippen molar-refractivity contribution >= 4 is 0 Å². The zero-order valence-corrected chi connectivity index (χ0v) is 9.85. The molecule has 3 nitrogen and oxygen atoms in total. The summed E-state index contributed by atoms with van der Waals surface area (Å²) < 4.78 is 17.8. The fourth-order valence-corrected chi connectivity index (χ4v) is 1.64. The van der Waals surface area contributed by atoms with Crippen molar-refractivity contribution in [3.8, 4) is 11.8 Å². The van der Waals surface area contributed by atoms with E-state index in [0.29, 0.717) is 17.7 Å². The van der Waals surface area contributed by atoms with Gasteiger partial charge in [0.05, 0.1) is 18.9 Å². The Hall–Kier alpha value is -2.41. The lowest BCUT2D eigenvalue weighted by Gasteiger charge is -2.05. The maximum absolute atomic E-state index is 12.8. The Bertz CT molecular complexity index is 588. The van der Waals surface area contributed by atoms with Crippen LogP contribution >= 0.6 is 0 Å². The third kappa shape index (κ3) is 2.64. The summed E-state index contributed by atoms with van der Waals surface area (Å²) in [5.41, 5.74) is 2.14. The number of ether oxygens (including phenoxy) is 1. The molecule has 4 heteroatoms. The normalized spacial score (nSPS) is 9.83. The minimum Gasteiger partial charge on any atom is -0.494 e. The molecule has 0 amide bonds. The van der Waals surface area contributed by atoms with Crippen molar-refractivity contribution in [2.24, 2.45) is 0 Å².